The molecule has 1 fully saturated rings. The minimum Gasteiger partial charge on any atom is -0.356 e. The van der Waals surface area contributed by atoms with E-state index in [2.05, 4.69) is 15.6 Å². The van der Waals surface area contributed by atoms with E-state index >= 15 is 0 Å². The Balaban J connectivity index is 1.70. The number of aliphatic imine (C=N–C) groups is 1. The Labute approximate surface area is 138 Å². The SMILES string of the molecule is O=S(=O)(c1cccc(CNC2=NCCCN2)c1)N1CCCCC1. The molecule has 23 heavy (non-hydrogen) atoms. The molecule has 0 spiro atoms. The van der Waals surface area contributed by atoms with Gasteiger partial charge in [0.15, 0.2) is 5.96 Å². The van der Waals surface area contributed by atoms with Crippen molar-refractivity contribution in [1.82, 2.24) is 14.9 Å². The number of hydrogen-bond acceptors (Lipinski definition) is 5. The zero-order chi connectivity index (χ0) is 16.1. The summed E-state index contributed by atoms with van der Waals surface area (Å²) in [6.07, 6.45) is 4.07. The van der Waals surface area contributed by atoms with Crippen LogP contribution in [0.15, 0.2) is 34.2 Å². The van der Waals surface area contributed by atoms with Crippen molar-refractivity contribution < 1.29 is 8.42 Å². The predicted molar refractivity (Wildman–Crippen MR) is 90.8 cm³/mol. The lowest BCUT2D eigenvalue weighted by molar-refractivity contribution is 0.346. The summed E-state index contributed by atoms with van der Waals surface area (Å²) in [6, 6.07) is 7.19. The highest BCUT2D eigenvalue weighted by Gasteiger charge is 2.25. The molecule has 0 atom stereocenters. The topological polar surface area (TPSA) is 73.8 Å². The average molecular weight is 336 g/mol. The van der Waals surface area contributed by atoms with Crippen molar-refractivity contribution in [3.05, 3.63) is 29.8 Å². The average Bonchev–Trinajstić information content (AvgIpc) is 2.62. The van der Waals surface area contributed by atoms with Crippen LogP contribution < -0.4 is 10.6 Å². The van der Waals surface area contributed by atoms with Crippen LogP contribution in [0.2, 0.25) is 0 Å². The number of hydrogen-bond donors (Lipinski definition) is 2. The third-order valence-electron chi connectivity index (χ3n) is 4.21. The third kappa shape index (κ3) is 4.03. The van der Waals surface area contributed by atoms with Crippen LogP contribution in [0.3, 0.4) is 0 Å². The van der Waals surface area contributed by atoms with E-state index in [1.807, 2.05) is 12.1 Å². The zero-order valence-electron chi connectivity index (χ0n) is 13.3. The summed E-state index contributed by atoms with van der Waals surface area (Å²) in [4.78, 5) is 4.74. The Kier molecular flexibility index (Phi) is 5.17. The monoisotopic (exact) mass is 336 g/mol. The molecule has 0 bridgehead atoms. The van der Waals surface area contributed by atoms with Crippen LogP contribution in [-0.4, -0.2) is 44.9 Å². The van der Waals surface area contributed by atoms with Crippen LogP contribution in [0, 0.1) is 0 Å². The van der Waals surface area contributed by atoms with Crippen molar-refractivity contribution in [2.24, 2.45) is 4.99 Å². The second-order valence-electron chi connectivity index (χ2n) is 5.98. The van der Waals surface area contributed by atoms with Crippen LogP contribution in [-0.2, 0) is 16.6 Å². The predicted octanol–water partition coefficient (Wildman–Crippen LogP) is 1.30. The van der Waals surface area contributed by atoms with Gasteiger partial charge in [0.25, 0.3) is 0 Å². The molecular formula is C16H24N4O2S. The molecule has 1 aromatic rings. The summed E-state index contributed by atoms with van der Waals surface area (Å²) < 4.78 is 27.0. The molecule has 0 amide bonds. The molecule has 2 aliphatic rings. The van der Waals surface area contributed by atoms with E-state index in [0.29, 0.717) is 24.5 Å². The number of nitrogens with zero attached hydrogens (tertiary/aromatic N) is 2. The minimum atomic E-state index is -3.37. The lowest BCUT2D eigenvalue weighted by atomic mass is 10.2. The molecule has 0 radical (unpaired) electrons. The highest BCUT2D eigenvalue weighted by molar-refractivity contribution is 7.89. The van der Waals surface area contributed by atoms with E-state index < -0.39 is 10.0 Å². The summed E-state index contributed by atoms with van der Waals surface area (Å²) >= 11 is 0. The standard InChI is InChI=1S/C16H24N4O2S/c21-23(22,20-10-2-1-3-11-20)15-7-4-6-14(12-15)13-19-16-17-8-5-9-18-16/h4,6-7,12H,1-3,5,8-11,13H2,(H2,17,18,19). The summed E-state index contributed by atoms with van der Waals surface area (Å²) in [5, 5.41) is 6.42. The molecule has 2 aliphatic heterocycles. The first-order valence-corrected chi connectivity index (χ1v) is 9.71. The lowest BCUT2D eigenvalue weighted by Crippen LogP contribution is -2.40. The summed E-state index contributed by atoms with van der Waals surface area (Å²) in [7, 11) is -3.37. The van der Waals surface area contributed by atoms with Crippen molar-refractivity contribution >= 4 is 16.0 Å². The van der Waals surface area contributed by atoms with Gasteiger partial charge in [-0.2, -0.15) is 4.31 Å². The Hall–Kier alpha value is -1.60. The maximum absolute atomic E-state index is 12.7. The normalized spacial score (nSPS) is 19.7. The van der Waals surface area contributed by atoms with Gasteiger partial charge in [-0.1, -0.05) is 18.6 Å². The number of rotatable bonds is 4. The highest BCUT2D eigenvalue weighted by Crippen LogP contribution is 2.21. The van der Waals surface area contributed by atoms with Crippen LogP contribution in [0.4, 0.5) is 0 Å². The van der Waals surface area contributed by atoms with Crippen molar-refractivity contribution in [2.45, 2.75) is 37.1 Å². The Morgan fingerprint density at radius 2 is 2.00 bits per heavy atom. The number of nitrogens with one attached hydrogen (secondary N) is 2. The molecule has 126 valence electrons. The fourth-order valence-electron chi connectivity index (χ4n) is 2.91. The van der Waals surface area contributed by atoms with Crippen LogP contribution in [0.1, 0.15) is 31.2 Å². The van der Waals surface area contributed by atoms with Gasteiger partial charge in [-0.3, -0.25) is 4.99 Å². The first kappa shape index (κ1) is 16.3. The Morgan fingerprint density at radius 3 is 2.74 bits per heavy atom. The second-order valence-corrected chi connectivity index (χ2v) is 7.91. The molecule has 6 nitrogen and oxygen atoms in total. The first-order chi connectivity index (χ1) is 11.2. The van der Waals surface area contributed by atoms with Gasteiger partial charge in [-0.05, 0) is 37.0 Å². The first-order valence-electron chi connectivity index (χ1n) is 8.27. The van der Waals surface area contributed by atoms with E-state index in [0.717, 1.165) is 50.3 Å². The van der Waals surface area contributed by atoms with E-state index in [-0.39, 0.29) is 0 Å². The van der Waals surface area contributed by atoms with Gasteiger partial charge in [0, 0.05) is 32.7 Å². The number of piperidine rings is 1. The third-order valence-corrected chi connectivity index (χ3v) is 6.10. The number of guanidine groups is 1. The maximum atomic E-state index is 12.7. The highest BCUT2D eigenvalue weighted by atomic mass is 32.2. The number of sulfonamides is 1. The van der Waals surface area contributed by atoms with Crippen molar-refractivity contribution in [3.63, 3.8) is 0 Å². The quantitative estimate of drug-likeness (QED) is 0.869. The van der Waals surface area contributed by atoms with Gasteiger partial charge in [-0.25, -0.2) is 8.42 Å². The van der Waals surface area contributed by atoms with Gasteiger partial charge in [0.2, 0.25) is 10.0 Å². The molecular weight excluding hydrogens is 312 g/mol. The smallest absolute Gasteiger partial charge is 0.243 e. The zero-order valence-corrected chi connectivity index (χ0v) is 14.1. The molecule has 3 rings (SSSR count). The van der Waals surface area contributed by atoms with Gasteiger partial charge < -0.3 is 10.6 Å². The van der Waals surface area contributed by atoms with E-state index in [1.54, 1.807) is 16.4 Å². The van der Waals surface area contributed by atoms with E-state index in [9.17, 15) is 8.42 Å². The fraction of sp³-hybridized carbons (Fsp3) is 0.562. The maximum Gasteiger partial charge on any atom is 0.243 e. The minimum absolute atomic E-state index is 0.386. The largest absolute Gasteiger partial charge is 0.356 e. The fourth-order valence-corrected chi connectivity index (χ4v) is 4.49. The van der Waals surface area contributed by atoms with Gasteiger partial charge in [-0.15, -0.1) is 0 Å². The Morgan fingerprint density at radius 1 is 1.17 bits per heavy atom. The molecule has 1 aromatic carbocycles. The molecule has 7 heteroatoms. The lowest BCUT2D eigenvalue weighted by Gasteiger charge is -2.26. The van der Waals surface area contributed by atoms with E-state index in [1.165, 1.54) is 0 Å². The second kappa shape index (κ2) is 7.31. The molecule has 1 saturated heterocycles. The molecule has 0 saturated carbocycles. The summed E-state index contributed by atoms with van der Waals surface area (Å²) in [5.74, 6) is 0.792. The molecule has 0 aromatic heterocycles. The number of benzene rings is 1. The van der Waals surface area contributed by atoms with E-state index in [4.69, 9.17) is 0 Å². The Bertz CT molecular complexity index is 666. The van der Waals surface area contributed by atoms with Crippen molar-refractivity contribution in [3.8, 4) is 0 Å². The van der Waals surface area contributed by atoms with Crippen molar-refractivity contribution in [2.75, 3.05) is 26.2 Å². The molecule has 2 heterocycles. The van der Waals surface area contributed by atoms with Crippen LogP contribution in [0.5, 0.6) is 0 Å². The van der Waals surface area contributed by atoms with Crippen LogP contribution >= 0.6 is 0 Å². The van der Waals surface area contributed by atoms with Crippen molar-refractivity contribution in [1.29, 1.82) is 0 Å². The van der Waals surface area contributed by atoms with Gasteiger partial charge in [0.05, 0.1) is 4.90 Å². The molecule has 0 aliphatic carbocycles. The molecule has 2 N–H and O–H groups in total. The molecule has 0 unspecified atom stereocenters. The summed E-state index contributed by atoms with van der Waals surface area (Å²) in [6.45, 7) is 3.58. The summed E-state index contributed by atoms with van der Waals surface area (Å²) in [5.41, 5.74) is 0.943. The van der Waals surface area contributed by atoms with Gasteiger partial charge in [0.1, 0.15) is 0 Å². The van der Waals surface area contributed by atoms with Gasteiger partial charge >= 0.3 is 0 Å². The van der Waals surface area contributed by atoms with Crippen LogP contribution in [0.25, 0.3) is 0 Å².